The summed E-state index contributed by atoms with van der Waals surface area (Å²) >= 11 is 1.05. The van der Waals surface area contributed by atoms with E-state index in [1.54, 1.807) is 0 Å². The van der Waals surface area contributed by atoms with Crippen molar-refractivity contribution in [2.45, 2.75) is 20.0 Å². The minimum absolute atomic E-state index is 0.0611. The van der Waals surface area contributed by atoms with E-state index in [9.17, 15) is 9.59 Å². The molecule has 0 spiro atoms. The van der Waals surface area contributed by atoms with Gasteiger partial charge >= 0.3 is 11.9 Å². The summed E-state index contributed by atoms with van der Waals surface area (Å²) in [5.74, 6) is -1.19. The molecule has 8 heteroatoms. The van der Waals surface area contributed by atoms with Crippen molar-refractivity contribution >= 4 is 34.0 Å². The van der Waals surface area contributed by atoms with Crippen LogP contribution in [0.5, 0.6) is 0 Å². The highest BCUT2D eigenvalue weighted by atomic mass is 32.1. The summed E-state index contributed by atoms with van der Waals surface area (Å²) in [4.78, 5) is 23.6. The minimum atomic E-state index is -0.605. The molecule has 0 aliphatic heterocycles. The molecule has 1 aromatic rings. The van der Waals surface area contributed by atoms with Crippen molar-refractivity contribution in [3.63, 3.8) is 0 Å². The highest BCUT2D eigenvalue weighted by Gasteiger charge is 2.26. The van der Waals surface area contributed by atoms with Gasteiger partial charge in [0.15, 0.2) is 0 Å². The Morgan fingerprint density at radius 1 is 1.24 bits per heavy atom. The van der Waals surface area contributed by atoms with Crippen molar-refractivity contribution in [1.82, 2.24) is 0 Å². The van der Waals surface area contributed by atoms with Gasteiger partial charge < -0.3 is 25.3 Å². The van der Waals surface area contributed by atoms with E-state index in [1.165, 1.54) is 14.2 Å². The maximum absolute atomic E-state index is 11.8. The summed E-state index contributed by atoms with van der Waals surface area (Å²) in [7, 11) is 2.51. The standard InChI is InChI=1S/C13H20N2O5S/c1-7(2)20-6-5-15-11-8(12(16)18-3)9(14)10(21-11)13(17)19-4/h7,15H,5-6,14H2,1-4H3. The van der Waals surface area contributed by atoms with Crippen molar-refractivity contribution in [3.05, 3.63) is 10.4 Å². The van der Waals surface area contributed by atoms with E-state index in [1.807, 2.05) is 13.8 Å². The largest absolute Gasteiger partial charge is 0.465 e. The normalized spacial score (nSPS) is 10.5. The summed E-state index contributed by atoms with van der Waals surface area (Å²) in [6.45, 7) is 4.79. The Balaban J connectivity index is 2.95. The lowest BCUT2D eigenvalue weighted by molar-refractivity contribution is 0.0602. The van der Waals surface area contributed by atoms with Gasteiger partial charge in [0.2, 0.25) is 0 Å². The number of anilines is 2. The molecule has 0 fully saturated rings. The maximum Gasteiger partial charge on any atom is 0.350 e. The lowest BCUT2D eigenvalue weighted by Gasteiger charge is -2.09. The lowest BCUT2D eigenvalue weighted by atomic mass is 10.2. The molecule has 0 atom stereocenters. The predicted molar refractivity (Wildman–Crippen MR) is 81.0 cm³/mol. The van der Waals surface area contributed by atoms with Gasteiger partial charge in [0.1, 0.15) is 15.4 Å². The van der Waals surface area contributed by atoms with Crippen LogP contribution in [0.1, 0.15) is 33.9 Å². The number of ether oxygens (including phenoxy) is 3. The van der Waals surface area contributed by atoms with Crippen LogP contribution in [0.15, 0.2) is 0 Å². The van der Waals surface area contributed by atoms with E-state index in [4.69, 9.17) is 15.2 Å². The third kappa shape index (κ3) is 4.33. The number of carbonyl (C=O) groups excluding carboxylic acids is 2. The number of methoxy groups -OCH3 is 2. The van der Waals surface area contributed by atoms with Crippen LogP contribution in [0, 0.1) is 0 Å². The van der Waals surface area contributed by atoms with Crippen LogP contribution in [0.25, 0.3) is 0 Å². The molecule has 0 aliphatic rings. The second-order valence-corrected chi connectivity index (χ2v) is 5.40. The monoisotopic (exact) mass is 316 g/mol. The smallest absolute Gasteiger partial charge is 0.350 e. The van der Waals surface area contributed by atoms with Gasteiger partial charge in [-0.1, -0.05) is 0 Å². The molecule has 118 valence electrons. The van der Waals surface area contributed by atoms with E-state index in [0.717, 1.165) is 11.3 Å². The molecule has 7 nitrogen and oxygen atoms in total. The molecule has 21 heavy (non-hydrogen) atoms. The van der Waals surface area contributed by atoms with Gasteiger partial charge in [0.05, 0.1) is 32.6 Å². The van der Waals surface area contributed by atoms with Gasteiger partial charge in [0, 0.05) is 6.54 Å². The van der Waals surface area contributed by atoms with Gasteiger partial charge in [-0.3, -0.25) is 0 Å². The fraction of sp³-hybridized carbons (Fsp3) is 0.538. The second kappa shape index (κ2) is 7.84. The molecule has 0 saturated heterocycles. The predicted octanol–water partition coefficient (Wildman–Crippen LogP) is 1.74. The Hall–Kier alpha value is -1.80. The first-order chi connectivity index (χ1) is 9.92. The third-order valence-electron chi connectivity index (χ3n) is 2.54. The van der Waals surface area contributed by atoms with Gasteiger partial charge in [-0.25, -0.2) is 9.59 Å². The molecule has 0 amide bonds. The Labute approximate surface area is 127 Å². The zero-order chi connectivity index (χ0) is 16.0. The molecule has 0 bridgehead atoms. The number of hydrogen-bond acceptors (Lipinski definition) is 8. The summed E-state index contributed by atoms with van der Waals surface area (Å²) in [6.07, 6.45) is 0.117. The molecular formula is C13H20N2O5S. The first-order valence-electron chi connectivity index (χ1n) is 6.36. The minimum Gasteiger partial charge on any atom is -0.465 e. The fourth-order valence-corrected chi connectivity index (χ4v) is 2.63. The number of esters is 2. The second-order valence-electron chi connectivity index (χ2n) is 4.38. The molecule has 1 aromatic heterocycles. The number of nitrogen functional groups attached to an aromatic ring is 1. The molecule has 0 aromatic carbocycles. The van der Waals surface area contributed by atoms with Gasteiger partial charge in [-0.15, -0.1) is 11.3 Å². The highest BCUT2D eigenvalue weighted by Crippen LogP contribution is 2.36. The maximum atomic E-state index is 11.8. The van der Waals surface area contributed by atoms with Crippen LogP contribution in [-0.2, 0) is 14.2 Å². The van der Waals surface area contributed by atoms with E-state index in [-0.39, 0.29) is 22.2 Å². The molecule has 0 radical (unpaired) electrons. The summed E-state index contributed by atoms with van der Waals surface area (Å²) in [5.41, 5.74) is 6.05. The van der Waals surface area contributed by atoms with Crippen LogP contribution in [0.2, 0.25) is 0 Å². The molecule has 0 aliphatic carbocycles. The van der Waals surface area contributed by atoms with E-state index < -0.39 is 11.9 Å². The van der Waals surface area contributed by atoms with Gasteiger partial charge in [-0.2, -0.15) is 0 Å². The highest BCUT2D eigenvalue weighted by molar-refractivity contribution is 7.19. The van der Waals surface area contributed by atoms with E-state index >= 15 is 0 Å². The van der Waals surface area contributed by atoms with Crippen molar-refractivity contribution in [1.29, 1.82) is 0 Å². The molecule has 3 N–H and O–H groups in total. The topological polar surface area (TPSA) is 99.9 Å². The Morgan fingerprint density at radius 3 is 2.38 bits per heavy atom. The molecule has 0 saturated carbocycles. The molecule has 1 rings (SSSR count). The Bertz CT molecular complexity index is 513. The number of thiophene rings is 1. The van der Waals surface area contributed by atoms with Gasteiger partial charge in [-0.05, 0) is 13.8 Å². The zero-order valence-electron chi connectivity index (χ0n) is 12.5. The van der Waals surface area contributed by atoms with Crippen molar-refractivity contribution in [2.75, 3.05) is 38.4 Å². The van der Waals surface area contributed by atoms with Gasteiger partial charge in [0.25, 0.3) is 0 Å². The number of nitrogens with one attached hydrogen (secondary N) is 1. The number of rotatable bonds is 7. The van der Waals surface area contributed by atoms with Crippen LogP contribution in [0.3, 0.4) is 0 Å². The first kappa shape index (κ1) is 17.3. The average Bonchev–Trinajstić information content (AvgIpc) is 2.78. The third-order valence-corrected chi connectivity index (χ3v) is 3.69. The lowest BCUT2D eigenvalue weighted by Crippen LogP contribution is -2.14. The molecule has 0 unspecified atom stereocenters. The van der Waals surface area contributed by atoms with Crippen molar-refractivity contribution < 1.29 is 23.8 Å². The quantitative estimate of drug-likeness (QED) is 0.584. The molecule has 1 heterocycles. The van der Waals surface area contributed by atoms with Crippen LogP contribution < -0.4 is 11.1 Å². The number of hydrogen-bond donors (Lipinski definition) is 2. The van der Waals surface area contributed by atoms with Crippen LogP contribution in [0.4, 0.5) is 10.7 Å². The number of carbonyl (C=O) groups is 2. The first-order valence-corrected chi connectivity index (χ1v) is 7.18. The van der Waals surface area contributed by atoms with Crippen molar-refractivity contribution in [3.8, 4) is 0 Å². The SMILES string of the molecule is COC(=O)c1sc(NCCOC(C)C)c(C(=O)OC)c1N. The average molecular weight is 316 g/mol. The Kier molecular flexibility index (Phi) is 6.44. The van der Waals surface area contributed by atoms with Crippen LogP contribution >= 0.6 is 11.3 Å². The summed E-state index contributed by atoms with van der Waals surface area (Å²) in [5, 5.41) is 3.49. The van der Waals surface area contributed by atoms with Crippen LogP contribution in [-0.4, -0.2) is 45.4 Å². The zero-order valence-corrected chi connectivity index (χ0v) is 13.3. The fourth-order valence-electron chi connectivity index (χ4n) is 1.58. The van der Waals surface area contributed by atoms with Crippen molar-refractivity contribution in [2.24, 2.45) is 0 Å². The molecular weight excluding hydrogens is 296 g/mol. The number of nitrogens with two attached hydrogens (primary N) is 1. The summed E-state index contributed by atoms with van der Waals surface area (Å²) in [6, 6.07) is 0. The summed E-state index contributed by atoms with van der Waals surface area (Å²) < 4.78 is 14.7. The van der Waals surface area contributed by atoms with E-state index in [0.29, 0.717) is 18.2 Å². The van der Waals surface area contributed by atoms with E-state index in [2.05, 4.69) is 10.1 Å². The Morgan fingerprint density at radius 2 is 1.86 bits per heavy atom.